The smallest absolute Gasteiger partial charge is 0.225 e. The second kappa shape index (κ2) is 8.03. The molecule has 0 saturated carbocycles. The number of piperazine rings is 1. The summed E-state index contributed by atoms with van der Waals surface area (Å²) in [4.78, 5) is 13.6. The normalized spacial score (nSPS) is 16.1. The third-order valence-corrected chi connectivity index (χ3v) is 3.20. The molecule has 0 atom stereocenters. The summed E-state index contributed by atoms with van der Waals surface area (Å²) < 4.78 is 0. The third kappa shape index (κ3) is 3.95. The SMILES string of the molecule is CC.CCc1cnc(N2CCN(CC)CC2)nc1. The van der Waals surface area contributed by atoms with Crippen LogP contribution in [0.3, 0.4) is 0 Å². The maximum absolute atomic E-state index is 4.42. The zero-order valence-electron chi connectivity index (χ0n) is 12.2. The second-order valence-electron chi connectivity index (χ2n) is 4.17. The van der Waals surface area contributed by atoms with Crippen LogP contribution in [0.2, 0.25) is 0 Å². The number of nitrogens with zero attached hydrogens (tertiary/aromatic N) is 4. The van der Waals surface area contributed by atoms with Crippen molar-refractivity contribution in [3.8, 4) is 0 Å². The summed E-state index contributed by atoms with van der Waals surface area (Å²) in [5.74, 6) is 0.882. The molecule has 2 rings (SSSR count). The van der Waals surface area contributed by atoms with Crippen LogP contribution in [0.15, 0.2) is 12.4 Å². The Kier molecular flexibility index (Phi) is 6.65. The van der Waals surface area contributed by atoms with Crippen LogP contribution in [0, 0.1) is 0 Å². The van der Waals surface area contributed by atoms with E-state index in [-0.39, 0.29) is 0 Å². The van der Waals surface area contributed by atoms with E-state index in [9.17, 15) is 0 Å². The van der Waals surface area contributed by atoms with E-state index in [1.165, 1.54) is 5.56 Å². The van der Waals surface area contributed by atoms with E-state index in [0.717, 1.165) is 45.1 Å². The van der Waals surface area contributed by atoms with Gasteiger partial charge in [0.15, 0.2) is 0 Å². The highest BCUT2D eigenvalue weighted by molar-refractivity contribution is 5.30. The molecule has 0 radical (unpaired) electrons. The Morgan fingerprint density at radius 3 is 2.00 bits per heavy atom. The number of hydrogen-bond acceptors (Lipinski definition) is 4. The van der Waals surface area contributed by atoms with Crippen molar-refractivity contribution < 1.29 is 0 Å². The minimum atomic E-state index is 0.882. The molecule has 102 valence electrons. The van der Waals surface area contributed by atoms with Crippen molar-refractivity contribution in [1.82, 2.24) is 14.9 Å². The lowest BCUT2D eigenvalue weighted by Gasteiger charge is -2.33. The molecular formula is C14H26N4. The van der Waals surface area contributed by atoms with Gasteiger partial charge in [0.2, 0.25) is 5.95 Å². The number of hydrogen-bond donors (Lipinski definition) is 0. The van der Waals surface area contributed by atoms with Gasteiger partial charge in [0.1, 0.15) is 0 Å². The Labute approximate surface area is 111 Å². The molecule has 1 fully saturated rings. The Bertz CT molecular complexity index is 315. The fourth-order valence-electron chi connectivity index (χ4n) is 1.96. The van der Waals surface area contributed by atoms with Crippen LogP contribution in [-0.2, 0) is 6.42 Å². The Morgan fingerprint density at radius 1 is 1.00 bits per heavy atom. The molecule has 18 heavy (non-hydrogen) atoms. The van der Waals surface area contributed by atoms with Gasteiger partial charge in [0, 0.05) is 38.6 Å². The first-order valence-electron chi connectivity index (χ1n) is 7.11. The van der Waals surface area contributed by atoms with Gasteiger partial charge in [0.25, 0.3) is 0 Å². The summed E-state index contributed by atoms with van der Waals surface area (Å²) >= 11 is 0. The maximum Gasteiger partial charge on any atom is 0.225 e. The number of rotatable bonds is 3. The number of likely N-dealkylation sites (N-methyl/N-ethyl adjacent to an activating group) is 1. The van der Waals surface area contributed by atoms with Gasteiger partial charge in [-0.15, -0.1) is 0 Å². The van der Waals surface area contributed by atoms with Gasteiger partial charge in [-0.3, -0.25) is 0 Å². The molecule has 1 aromatic rings. The Hall–Kier alpha value is -1.16. The quantitative estimate of drug-likeness (QED) is 0.823. The monoisotopic (exact) mass is 250 g/mol. The number of aromatic nitrogens is 2. The first-order chi connectivity index (χ1) is 8.83. The summed E-state index contributed by atoms with van der Waals surface area (Å²) in [6.07, 6.45) is 4.88. The van der Waals surface area contributed by atoms with Crippen LogP contribution in [0.25, 0.3) is 0 Å². The van der Waals surface area contributed by atoms with Gasteiger partial charge >= 0.3 is 0 Å². The lowest BCUT2D eigenvalue weighted by atomic mass is 10.3. The van der Waals surface area contributed by atoms with E-state index in [1.807, 2.05) is 26.2 Å². The Morgan fingerprint density at radius 2 is 1.56 bits per heavy atom. The summed E-state index contributed by atoms with van der Waals surface area (Å²) in [7, 11) is 0. The van der Waals surface area contributed by atoms with Crippen LogP contribution in [-0.4, -0.2) is 47.6 Å². The van der Waals surface area contributed by atoms with Gasteiger partial charge in [-0.05, 0) is 18.5 Å². The van der Waals surface area contributed by atoms with Crippen molar-refractivity contribution in [2.75, 3.05) is 37.6 Å². The average molecular weight is 250 g/mol. The molecule has 1 saturated heterocycles. The highest BCUT2D eigenvalue weighted by Crippen LogP contribution is 2.10. The van der Waals surface area contributed by atoms with Gasteiger partial charge in [-0.1, -0.05) is 27.7 Å². The molecule has 1 aromatic heterocycles. The zero-order chi connectivity index (χ0) is 13.4. The first kappa shape index (κ1) is 14.9. The lowest BCUT2D eigenvalue weighted by molar-refractivity contribution is 0.270. The zero-order valence-corrected chi connectivity index (χ0v) is 12.2. The van der Waals surface area contributed by atoms with Crippen LogP contribution in [0.1, 0.15) is 33.3 Å². The van der Waals surface area contributed by atoms with E-state index in [2.05, 4.69) is 33.6 Å². The maximum atomic E-state index is 4.42. The van der Waals surface area contributed by atoms with Crippen molar-refractivity contribution >= 4 is 5.95 Å². The van der Waals surface area contributed by atoms with E-state index < -0.39 is 0 Å². The molecular weight excluding hydrogens is 224 g/mol. The molecule has 0 bridgehead atoms. The predicted octanol–water partition coefficient (Wildman–Crippen LogP) is 2.21. The predicted molar refractivity (Wildman–Crippen MR) is 77.1 cm³/mol. The van der Waals surface area contributed by atoms with Crippen LogP contribution < -0.4 is 4.90 Å². The molecule has 2 heterocycles. The highest BCUT2D eigenvalue weighted by Gasteiger charge is 2.17. The molecule has 0 aromatic carbocycles. The molecule has 4 heteroatoms. The van der Waals surface area contributed by atoms with Crippen LogP contribution >= 0.6 is 0 Å². The van der Waals surface area contributed by atoms with E-state index in [4.69, 9.17) is 0 Å². The molecule has 0 spiro atoms. The molecule has 1 aliphatic heterocycles. The standard InChI is InChI=1S/C12H20N4.C2H6/c1-3-11-9-13-12(14-10-11)16-7-5-15(4-2)6-8-16;1-2/h9-10H,3-8H2,1-2H3;1-2H3. The summed E-state index contributed by atoms with van der Waals surface area (Å²) in [6.45, 7) is 13.8. The summed E-state index contributed by atoms with van der Waals surface area (Å²) in [5, 5.41) is 0. The third-order valence-electron chi connectivity index (χ3n) is 3.20. The summed E-state index contributed by atoms with van der Waals surface area (Å²) in [6, 6.07) is 0. The molecule has 4 nitrogen and oxygen atoms in total. The highest BCUT2D eigenvalue weighted by atomic mass is 15.3. The molecule has 0 unspecified atom stereocenters. The van der Waals surface area contributed by atoms with E-state index >= 15 is 0 Å². The van der Waals surface area contributed by atoms with Crippen LogP contribution in [0.4, 0.5) is 5.95 Å². The van der Waals surface area contributed by atoms with Crippen molar-refractivity contribution in [2.24, 2.45) is 0 Å². The largest absolute Gasteiger partial charge is 0.338 e. The van der Waals surface area contributed by atoms with Gasteiger partial charge in [0.05, 0.1) is 0 Å². The lowest BCUT2D eigenvalue weighted by Crippen LogP contribution is -2.46. The average Bonchev–Trinajstić information content (AvgIpc) is 2.49. The van der Waals surface area contributed by atoms with Gasteiger partial charge < -0.3 is 9.80 Å². The molecule has 0 aliphatic carbocycles. The van der Waals surface area contributed by atoms with Crippen molar-refractivity contribution in [3.05, 3.63) is 18.0 Å². The number of aryl methyl sites for hydroxylation is 1. The topological polar surface area (TPSA) is 32.3 Å². The van der Waals surface area contributed by atoms with E-state index in [0.29, 0.717) is 0 Å². The summed E-state index contributed by atoms with van der Waals surface area (Å²) in [5.41, 5.74) is 1.20. The van der Waals surface area contributed by atoms with Crippen LogP contribution in [0.5, 0.6) is 0 Å². The molecule has 1 aliphatic rings. The minimum Gasteiger partial charge on any atom is -0.338 e. The van der Waals surface area contributed by atoms with Crippen molar-refractivity contribution in [3.63, 3.8) is 0 Å². The second-order valence-corrected chi connectivity index (χ2v) is 4.17. The Balaban J connectivity index is 0.000000771. The van der Waals surface area contributed by atoms with Gasteiger partial charge in [-0.2, -0.15) is 0 Å². The fourth-order valence-corrected chi connectivity index (χ4v) is 1.96. The molecule has 0 N–H and O–H groups in total. The van der Waals surface area contributed by atoms with Crippen molar-refractivity contribution in [1.29, 1.82) is 0 Å². The first-order valence-corrected chi connectivity index (χ1v) is 7.11. The minimum absolute atomic E-state index is 0.882. The fraction of sp³-hybridized carbons (Fsp3) is 0.714. The molecule has 0 amide bonds. The van der Waals surface area contributed by atoms with Crippen molar-refractivity contribution in [2.45, 2.75) is 34.1 Å². The van der Waals surface area contributed by atoms with Gasteiger partial charge in [-0.25, -0.2) is 9.97 Å². The number of anilines is 1. The van der Waals surface area contributed by atoms with E-state index in [1.54, 1.807) is 0 Å².